The zero-order valence-corrected chi connectivity index (χ0v) is 12.7. The molecule has 3 unspecified atom stereocenters. The largest absolute Gasteiger partial charge is 0.393 e. The lowest BCUT2D eigenvalue weighted by Gasteiger charge is -2.50. The van der Waals surface area contributed by atoms with E-state index in [4.69, 9.17) is 0 Å². The minimum atomic E-state index is -0.0666. The monoisotopic (exact) mass is 253 g/mol. The molecule has 0 aliphatic heterocycles. The van der Waals surface area contributed by atoms with Crippen LogP contribution in [0.3, 0.4) is 0 Å². The highest BCUT2D eigenvalue weighted by molar-refractivity contribution is 5.00. The molecule has 2 heteroatoms. The molecule has 0 radical (unpaired) electrons. The summed E-state index contributed by atoms with van der Waals surface area (Å²) in [7, 11) is 2.29. The van der Waals surface area contributed by atoms with Gasteiger partial charge < -0.3 is 5.11 Å². The van der Waals surface area contributed by atoms with Crippen LogP contribution in [0.25, 0.3) is 0 Å². The number of nitrogens with zero attached hydrogens (tertiary/aromatic N) is 1. The second kappa shape index (κ2) is 5.50. The van der Waals surface area contributed by atoms with Gasteiger partial charge in [0.1, 0.15) is 0 Å². The van der Waals surface area contributed by atoms with Crippen LogP contribution < -0.4 is 0 Å². The van der Waals surface area contributed by atoms with Crippen LogP contribution in [0.4, 0.5) is 0 Å². The molecule has 0 amide bonds. The van der Waals surface area contributed by atoms with Crippen LogP contribution in [-0.2, 0) is 0 Å². The quantitative estimate of drug-likeness (QED) is 0.833. The van der Waals surface area contributed by atoms with Gasteiger partial charge in [0.2, 0.25) is 0 Å². The lowest BCUT2D eigenvalue weighted by molar-refractivity contribution is -0.0357. The highest BCUT2D eigenvalue weighted by Gasteiger charge is 2.47. The Hall–Kier alpha value is -0.0800. The van der Waals surface area contributed by atoms with E-state index in [9.17, 15) is 5.11 Å². The average Bonchev–Trinajstić information content (AvgIpc) is 2.80. The number of aliphatic hydroxyl groups is 1. The highest BCUT2D eigenvalue weighted by Crippen LogP contribution is 2.51. The number of hydrogen-bond donors (Lipinski definition) is 1. The first kappa shape index (κ1) is 14.3. The first-order valence-corrected chi connectivity index (χ1v) is 7.86. The Labute approximate surface area is 113 Å². The van der Waals surface area contributed by atoms with Gasteiger partial charge in [0.15, 0.2) is 0 Å². The van der Waals surface area contributed by atoms with Crippen LogP contribution in [0.1, 0.15) is 65.7 Å². The van der Waals surface area contributed by atoms with Crippen molar-refractivity contribution < 1.29 is 5.11 Å². The fourth-order valence-corrected chi connectivity index (χ4v) is 4.26. The highest BCUT2D eigenvalue weighted by atomic mass is 16.3. The Kier molecular flexibility index (Phi) is 4.38. The molecule has 0 aromatic carbocycles. The second-order valence-electron chi connectivity index (χ2n) is 7.16. The number of rotatable bonds is 3. The summed E-state index contributed by atoms with van der Waals surface area (Å²) < 4.78 is 0. The summed E-state index contributed by atoms with van der Waals surface area (Å²) in [5.74, 6) is 0.688. The molecule has 0 bridgehead atoms. The molecule has 2 fully saturated rings. The van der Waals surface area contributed by atoms with Gasteiger partial charge in [0, 0.05) is 12.1 Å². The van der Waals surface area contributed by atoms with Crippen LogP contribution >= 0.6 is 0 Å². The Balaban J connectivity index is 2.15. The van der Waals surface area contributed by atoms with E-state index in [-0.39, 0.29) is 6.10 Å². The van der Waals surface area contributed by atoms with E-state index in [1.165, 1.54) is 32.1 Å². The van der Waals surface area contributed by atoms with Gasteiger partial charge in [-0.1, -0.05) is 26.7 Å². The maximum atomic E-state index is 10.1. The fraction of sp³-hybridized carbons (Fsp3) is 1.00. The molecule has 106 valence electrons. The lowest BCUT2D eigenvalue weighted by Crippen LogP contribution is -2.53. The Bertz CT molecular complexity index is 270. The van der Waals surface area contributed by atoms with Crippen molar-refractivity contribution in [3.05, 3.63) is 0 Å². The molecular formula is C16H31NO. The fourth-order valence-electron chi connectivity index (χ4n) is 4.26. The lowest BCUT2D eigenvalue weighted by atomic mass is 9.67. The molecule has 0 heterocycles. The van der Waals surface area contributed by atoms with Gasteiger partial charge in [0.05, 0.1) is 6.10 Å². The van der Waals surface area contributed by atoms with Crippen LogP contribution in [0.15, 0.2) is 0 Å². The Morgan fingerprint density at radius 1 is 1.11 bits per heavy atom. The zero-order valence-electron chi connectivity index (χ0n) is 12.7. The van der Waals surface area contributed by atoms with E-state index in [2.05, 4.69) is 32.7 Å². The average molecular weight is 253 g/mol. The summed E-state index contributed by atoms with van der Waals surface area (Å²) in [5.41, 5.74) is 0.525. The van der Waals surface area contributed by atoms with Crippen LogP contribution in [-0.4, -0.2) is 35.2 Å². The Morgan fingerprint density at radius 3 is 2.28 bits per heavy atom. The summed E-state index contributed by atoms with van der Waals surface area (Å²) in [4.78, 5) is 2.58. The third-order valence-corrected chi connectivity index (χ3v) is 5.88. The van der Waals surface area contributed by atoms with Gasteiger partial charge in [-0.2, -0.15) is 0 Å². The molecule has 2 aliphatic carbocycles. The predicted molar refractivity (Wildman–Crippen MR) is 76.6 cm³/mol. The second-order valence-corrected chi connectivity index (χ2v) is 7.16. The van der Waals surface area contributed by atoms with Crippen molar-refractivity contribution >= 4 is 0 Å². The molecule has 3 atom stereocenters. The van der Waals surface area contributed by atoms with E-state index < -0.39 is 0 Å². The molecule has 2 aliphatic rings. The van der Waals surface area contributed by atoms with E-state index in [0.717, 1.165) is 12.8 Å². The van der Waals surface area contributed by atoms with E-state index in [1.54, 1.807) is 0 Å². The van der Waals surface area contributed by atoms with Crippen LogP contribution in [0, 0.1) is 11.3 Å². The minimum Gasteiger partial charge on any atom is -0.393 e. The van der Waals surface area contributed by atoms with Crippen molar-refractivity contribution in [2.75, 3.05) is 7.05 Å². The van der Waals surface area contributed by atoms with E-state index in [1.807, 2.05) is 0 Å². The summed E-state index contributed by atoms with van der Waals surface area (Å²) >= 11 is 0. The van der Waals surface area contributed by atoms with Crippen molar-refractivity contribution in [2.24, 2.45) is 11.3 Å². The molecule has 1 N–H and O–H groups in total. The standard InChI is InChI=1S/C16H31NO/c1-12(2)13(3)17(4)15-11-14(18)7-10-16(15)8-5-6-9-16/h12-15,18H,5-11H2,1-4H3. The van der Waals surface area contributed by atoms with Crippen molar-refractivity contribution in [2.45, 2.75) is 83.9 Å². The zero-order chi connectivity index (χ0) is 13.3. The van der Waals surface area contributed by atoms with Gasteiger partial charge in [-0.05, 0) is 57.4 Å². The van der Waals surface area contributed by atoms with Crippen molar-refractivity contribution in [3.8, 4) is 0 Å². The van der Waals surface area contributed by atoms with E-state index >= 15 is 0 Å². The SMILES string of the molecule is CC(C)C(C)N(C)C1CC(O)CCC12CCCC2. The van der Waals surface area contributed by atoms with Gasteiger partial charge in [0.25, 0.3) is 0 Å². The summed E-state index contributed by atoms with van der Waals surface area (Å²) in [6, 6.07) is 1.21. The molecular weight excluding hydrogens is 222 g/mol. The molecule has 0 aromatic heterocycles. The summed E-state index contributed by atoms with van der Waals surface area (Å²) in [5, 5.41) is 10.1. The topological polar surface area (TPSA) is 23.5 Å². The summed E-state index contributed by atoms with van der Waals surface area (Å²) in [6.07, 6.45) is 8.77. The van der Waals surface area contributed by atoms with Crippen molar-refractivity contribution in [3.63, 3.8) is 0 Å². The predicted octanol–water partition coefficient (Wildman–Crippen LogP) is 3.44. The smallest absolute Gasteiger partial charge is 0.0555 e. The minimum absolute atomic E-state index is 0.0666. The summed E-state index contributed by atoms with van der Waals surface area (Å²) in [6.45, 7) is 6.96. The van der Waals surface area contributed by atoms with Crippen molar-refractivity contribution in [1.82, 2.24) is 4.90 Å². The maximum absolute atomic E-state index is 10.1. The third-order valence-electron chi connectivity index (χ3n) is 5.88. The molecule has 2 rings (SSSR count). The van der Waals surface area contributed by atoms with E-state index in [0.29, 0.717) is 23.4 Å². The van der Waals surface area contributed by atoms with Crippen molar-refractivity contribution in [1.29, 1.82) is 0 Å². The number of aliphatic hydroxyl groups excluding tert-OH is 1. The van der Waals surface area contributed by atoms with Crippen LogP contribution in [0.5, 0.6) is 0 Å². The molecule has 18 heavy (non-hydrogen) atoms. The van der Waals surface area contributed by atoms with Gasteiger partial charge in [-0.25, -0.2) is 0 Å². The maximum Gasteiger partial charge on any atom is 0.0555 e. The Morgan fingerprint density at radius 2 is 1.72 bits per heavy atom. The van der Waals surface area contributed by atoms with Gasteiger partial charge in [-0.15, -0.1) is 0 Å². The molecule has 2 nitrogen and oxygen atoms in total. The molecule has 1 spiro atoms. The van der Waals surface area contributed by atoms with Gasteiger partial charge in [-0.3, -0.25) is 4.90 Å². The molecule has 2 saturated carbocycles. The number of hydrogen-bond acceptors (Lipinski definition) is 2. The molecule has 0 aromatic rings. The third kappa shape index (κ3) is 2.60. The first-order valence-electron chi connectivity index (χ1n) is 7.86. The van der Waals surface area contributed by atoms with Gasteiger partial charge >= 0.3 is 0 Å². The normalized spacial score (nSPS) is 33.5. The van der Waals surface area contributed by atoms with Crippen LogP contribution in [0.2, 0.25) is 0 Å². The first-order chi connectivity index (χ1) is 8.46. The molecule has 0 saturated heterocycles.